The van der Waals surface area contributed by atoms with Gasteiger partial charge >= 0.3 is 0 Å². The zero-order valence-electron chi connectivity index (χ0n) is 16.1. The zero-order chi connectivity index (χ0) is 19.7. The lowest BCUT2D eigenvalue weighted by molar-refractivity contribution is -0.384. The van der Waals surface area contributed by atoms with Gasteiger partial charge in [0.2, 0.25) is 0 Å². The van der Waals surface area contributed by atoms with Gasteiger partial charge in [0.1, 0.15) is 11.4 Å². The smallest absolute Gasteiger partial charge is 0.292 e. The van der Waals surface area contributed by atoms with Gasteiger partial charge in [-0.25, -0.2) is 0 Å². The van der Waals surface area contributed by atoms with Crippen LogP contribution in [0.1, 0.15) is 23.3 Å². The van der Waals surface area contributed by atoms with Crippen LogP contribution in [0.25, 0.3) is 0 Å². The van der Waals surface area contributed by atoms with Gasteiger partial charge in [-0.1, -0.05) is 0 Å². The molecule has 0 bridgehead atoms. The summed E-state index contributed by atoms with van der Waals surface area (Å²) in [5, 5.41) is 11.4. The molecule has 148 valence electrons. The summed E-state index contributed by atoms with van der Waals surface area (Å²) in [6.45, 7) is 4.44. The van der Waals surface area contributed by atoms with Gasteiger partial charge < -0.3 is 19.3 Å². The quantitative estimate of drug-likeness (QED) is 0.599. The molecule has 4 rings (SSSR count). The molecule has 8 nitrogen and oxygen atoms in total. The second-order valence-electron chi connectivity index (χ2n) is 7.41. The second-order valence-corrected chi connectivity index (χ2v) is 7.41. The molecule has 3 heterocycles. The summed E-state index contributed by atoms with van der Waals surface area (Å²) in [4.78, 5) is 30.0. The first-order chi connectivity index (χ1) is 13.5. The van der Waals surface area contributed by atoms with Gasteiger partial charge in [-0.2, -0.15) is 0 Å². The van der Waals surface area contributed by atoms with Crippen molar-refractivity contribution in [2.75, 3.05) is 49.1 Å². The van der Waals surface area contributed by atoms with Gasteiger partial charge in [-0.15, -0.1) is 0 Å². The van der Waals surface area contributed by atoms with Crippen molar-refractivity contribution in [2.45, 2.75) is 12.8 Å². The highest BCUT2D eigenvalue weighted by Gasteiger charge is 2.26. The molecule has 1 aromatic heterocycles. The Kier molecular flexibility index (Phi) is 4.93. The Balaban J connectivity index is 1.48. The van der Waals surface area contributed by atoms with Crippen molar-refractivity contribution < 1.29 is 9.72 Å². The lowest BCUT2D eigenvalue weighted by atomic mass is 10.2. The van der Waals surface area contributed by atoms with Gasteiger partial charge in [-0.05, 0) is 37.1 Å². The lowest BCUT2D eigenvalue weighted by Crippen LogP contribution is -2.49. The highest BCUT2D eigenvalue weighted by Crippen LogP contribution is 2.34. The number of hydrogen-bond acceptors (Lipinski definition) is 5. The average Bonchev–Trinajstić information content (AvgIpc) is 3.39. The van der Waals surface area contributed by atoms with E-state index >= 15 is 0 Å². The first-order valence-electron chi connectivity index (χ1n) is 9.73. The SMILES string of the molecule is Cn1cccc1C(=O)N1CCN(c2ccc([N+](=O)[O-])c(N3CCCC3)c2)CC1. The number of nitro benzene ring substituents is 1. The van der Waals surface area contributed by atoms with E-state index in [4.69, 9.17) is 0 Å². The number of aryl methyl sites for hydroxylation is 1. The standard InChI is InChI=1S/C20H25N5O3/c1-21-8-4-5-18(21)20(26)24-13-11-22(12-14-24)16-6-7-17(25(27)28)19(15-16)23-9-2-3-10-23/h4-8,15H,2-3,9-14H2,1H3. The van der Waals surface area contributed by atoms with Crippen LogP contribution in [0.4, 0.5) is 17.1 Å². The Labute approximate surface area is 164 Å². The first kappa shape index (κ1) is 18.3. The fraction of sp³-hybridized carbons (Fsp3) is 0.450. The molecule has 0 aliphatic carbocycles. The number of nitro groups is 1. The van der Waals surface area contributed by atoms with E-state index in [0.717, 1.165) is 31.6 Å². The van der Waals surface area contributed by atoms with Crippen LogP contribution < -0.4 is 9.80 Å². The van der Waals surface area contributed by atoms with Crippen LogP contribution in [-0.2, 0) is 7.05 Å². The summed E-state index contributed by atoms with van der Waals surface area (Å²) in [6, 6.07) is 9.10. The van der Waals surface area contributed by atoms with Crippen molar-refractivity contribution in [2.24, 2.45) is 7.05 Å². The molecule has 2 fully saturated rings. The van der Waals surface area contributed by atoms with Crippen LogP contribution in [0, 0.1) is 10.1 Å². The van der Waals surface area contributed by atoms with Crippen molar-refractivity contribution in [3.05, 3.63) is 52.3 Å². The van der Waals surface area contributed by atoms with E-state index < -0.39 is 0 Å². The van der Waals surface area contributed by atoms with Crippen molar-refractivity contribution in [1.82, 2.24) is 9.47 Å². The van der Waals surface area contributed by atoms with Gasteiger partial charge in [0.25, 0.3) is 11.6 Å². The third-order valence-corrected chi connectivity index (χ3v) is 5.70. The number of carbonyl (C=O) groups excluding carboxylic acids is 1. The Morgan fingerprint density at radius 2 is 1.71 bits per heavy atom. The van der Waals surface area contributed by atoms with Gasteiger partial charge in [-0.3, -0.25) is 14.9 Å². The molecular formula is C20H25N5O3. The minimum atomic E-state index is -0.298. The van der Waals surface area contributed by atoms with Crippen molar-refractivity contribution >= 4 is 23.0 Å². The van der Waals surface area contributed by atoms with Crippen LogP contribution in [-0.4, -0.2) is 59.6 Å². The molecule has 2 aliphatic heterocycles. The molecule has 2 saturated heterocycles. The summed E-state index contributed by atoms with van der Waals surface area (Å²) < 4.78 is 1.84. The molecule has 0 saturated carbocycles. The summed E-state index contributed by atoms with van der Waals surface area (Å²) >= 11 is 0. The number of amides is 1. The highest BCUT2D eigenvalue weighted by atomic mass is 16.6. The number of hydrogen-bond donors (Lipinski definition) is 0. The number of carbonyl (C=O) groups is 1. The number of anilines is 2. The maximum atomic E-state index is 12.7. The lowest BCUT2D eigenvalue weighted by Gasteiger charge is -2.36. The number of rotatable bonds is 4. The summed E-state index contributed by atoms with van der Waals surface area (Å²) in [7, 11) is 1.88. The topological polar surface area (TPSA) is 74.9 Å². The van der Waals surface area contributed by atoms with Crippen molar-refractivity contribution in [1.29, 1.82) is 0 Å². The van der Waals surface area contributed by atoms with E-state index in [2.05, 4.69) is 9.80 Å². The highest BCUT2D eigenvalue weighted by molar-refractivity contribution is 5.93. The van der Waals surface area contributed by atoms with E-state index in [9.17, 15) is 14.9 Å². The third kappa shape index (κ3) is 3.42. The van der Waals surface area contributed by atoms with Crippen LogP contribution in [0.2, 0.25) is 0 Å². The van der Waals surface area contributed by atoms with Crippen LogP contribution in [0.5, 0.6) is 0 Å². The van der Waals surface area contributed by atoms with E-state index in [-0.39, 0.29) is 16.5 Å². The molecule has 0 spiro atoms. The van der Waals surface area contributed by atoms with Crippen LogP contribution in [0.3, 0.4) is 0 Å². The minimum Gasteiger partial charge on any atom is -0.368 e. The number of aromatic nitrogens is 1. The molecule has 0 radical (unpaired) electrons. The van der Waals surface area contributed by atoms with Gasteiger partial charge in [0, 0.05) is 64.3 Å². The molecule has 2 aromatic rings. The largest absolute Gasteiger partial charge is 0.368 e. The molecule has 2 aliphatic rings. The molecule has 1 amide bonds. The molecule has 0 unspecified atom stereocenters. The Hall–Kier alpha value is -3.03. The summed E-state index contributed by atoms with van der Waals surface area (Å²) in [5.41, 5.74) is 2.56. The predicted octanol–water partition coefficient (Wildman–Crippen LogP) is 2.50. The molecule has 28 heavy (non-hydrogen) atoms. The maximum absolute atomic E-state index is 12.7. The van der Waals surface area contributed by atoms with Crippen molar-refractivity contribution in [3.8, 4) is 0 Å². The van der Waals surface area contributed by atoms with Crippen LogP contribution in [0.15, 0.2) is 36.5 Å². The van der Waals surface area contributed by atoms with Gasteiger partial charge in [0.15, 0.2) is 0 Å². The van der Waals surface area contributed by atoms with Crippen LogP contribution >= 0.6 is 0 Å². The number of benzene rings is 1. The van der Waals surface area contributed by atoms with E-state index in [1.54, 1.807) is 6.07 Å². The minimum absolute atomic E-state index is 0.0496. The zero-order valence-corrected chi connectivity index (χ0v) is 16.1. The normalized spacial score (nSPS) is 17.2. The molecule has 8 heteroatoms. The monoisotopic (exact) mass is 383 g/mol. The Morgan fingerprint density at radius 3 is 2.32 bits per heavy atom. The summed E-state index contributed by atoms with van der Waals surface area (Å²) in [5.74, 6) is 0.0496. The van der Waals surface area contributed by atoms with E-state index in [1.165, 1.54) is 0 Å². The first-order valence-corrected chi connectivity index (χ1v) is 9.73. The summed E-state index contributed by atoms with van der Waals surface area (Å²) in [6.07, 6.45) is 4.02. The van der Waals surface area contributed by atoms with Gasteiger partial charge in [0.05, 0.1) is 4.92 Å². The fourth-order valence-corrected chi connectivity index (χ4v) is 4.09. The molecule has 0 atom stereocenters. The fourth-order valence-electron chi connectivity index (χ4n) is 4.09. The molecular weight excluding hydrogens is 358 g/mol. The molecule has 1 aromatic carbocycles. The number of piperazine rings is 1. The molecule has 0 N–H and O–H groups in total. The Bertz CT molecular complexity index is 880. The maximum Gasteiger partial charge on any atom is 0.292 e. The third-order valence-electron chi connectivity index (χ3n) is 5.70. The second kappa shape index (κ2) is 7.53. The van der Waals surface area contributed by atoms with E-state index in [0.29, 0.717) is 37.6 Å². The van der Waals surface area contributed by atoms with E-state index in [1.807, 2.05) is 47.0 Å². The predicted molar refractivity (Wildman–Crippen MR) is 108 cm³/mol. The average molecular weight is 383 g/mol. The van der Waals surface area contributed by atoms with Crippen molar-refractivity contribution in [3.63, 3.8) is 0 Å². The number of nitrogens with zero attached hydrogens (tertiary/aromatic N) is 5. The Morgan fingerprint density at radius 1 is 1.00 bits per heavy atom.